The first-order valence-corrected chi connectivity index (χ1v) is 20.4. The van der Waals surface area contributed by atoms with Crippen LogP contribution in [0.2, 0.25) is 0 Å². The Hall–Kier alpha value is -8.22. The highest BCUT2D eigenvalue weighted by Gasteiger charge is 2.28. The van der Waals surface area contributed by atoms with Gasteiger partial charge in [-0.05, 0) is 58.6 Å². The second kappa shape index (κ2) is 10.8. The van der Waals surface area contributed by atoms with Gasteiger partial charge in [0.15, 0.2) is 11.4 Å². The van der Waals surface area contributed by atoms with E-state index in [1.807, 2.05) is 12.1 Å². The Kier molecular flexibility index (Phi) is 5.57. The highest BCUT2D eigenvalue weighted by molar-refractivity contribution is 6.35. The third kappa shape index (κ3) is 3.66. The van der Waals surface area contributed by atoms with E-state index in [2.05, 4.69) is 177 Å². The summed E-state index contributed by atoms with van der Waals surface area (Å²) >= 11 is 0. The molecule has 0 spiro atoms. The summed E-state index contributed by atoms with van der Waals surface area (Å²) in [6.45, 7) is 0. The van der Waals surface area contributed by atoms with Gasteiger partial charge in [-0.1, -0.05) is 133 Å². The van der Waals surface area contributed by atoms with Crippen molar-refractivity contribution in [2.24, 2.45) is 0 Å². The van der Waals surface area contributed by atoms with E-state index in [9.17, 15) is 0 Å². The molecule has 0 N–H and O–H groups in total. The van der Waals surface area contributed by atoms with E-state index in [0.29, 0.717) is 17.3 Å². The Bertz CT molecular complexity index is 4370. The van der Waals surface area contributed by atoms with Crippen LogP contribution in [0.5, 0.6) is 0 Å². The number of para-hydroxylation sites is 4. The number of hydrogen-bond donors (Lipinski definition) is 0. The molecule has 0 bridgehead atoms. The topological polar surface area (TPSA) is 53.2 Å². The second-order valence-corrected chi connectivity index (χ2v) is 16.1. The average Bonchev–Trinajstić information content (AvgIpc) is 4.10. The lowest BCUT2D eigenvalue weighted by Gasteiger charge is -2.13. The fraction of sp³-hybridized carbons (Fsp3) is 0. The Balaban J connectivity index is 1.20. The third-order valence-electron chi connectivity index (χ3n) is 13.1. The molecule has 0 aliphatic carbocycles. The van der Waals surface area contributed by atoms with Crippen LogP contribution in [0, 0.1) is 0 Å². The summed E-state index contributed by atoms with van der Waals surface area (Å²) in [6.07, 6.45) is 0. The van der Waals surface area contributed by atoms with Crippen LogP contribution in [0.25, 0.3) is 137 Å². The Morgan fingerprint density at radius 3 is 1.78 bits per heavy atom. The van der Waals surface area contributed by atoms with Crippen molar-refractivity contribution in [3.05, 3.63) is 176 Å². The first kappa shape index (κ1) is 30.9. The minimum atomic E-state index is 0.592. The molecule has 0 saturated heterocycles. The summed E-state index contributed by atoms with van der Waals surface area (Å²) in [5.74, 6) is 1.30. The molecule has 0 amide bonds. The maximum atomic E-state index is 6.84. The van der Waals surface area contributed by atoms with E-state index in [4.69, 9.17) is 14.4 Å². The van der Waals surface area contributed by atoms with Crippen LogP contribution < -0.4 is 0 Å². The maximum absolute atomic E-state index is 6.84. The Morgan fingerprint density at radius 1 is 0.367 bits per heavy atom. The highest BCUT2D eigenvalue weighted by Crippen LogP contribution is 2.48. The van der Waals surface area contributed by atoms with Gasteiger partial charge in [0.25, 0.3) is 0 Å². The van der Waals surface area contributed by atoms with Crippen LogP contribution in [0.15, 0.2) is 180 Å². The van der Waals surface area contributed by atoms with Crippen molar-refractivity contribution >= 4 is 125 Å². The van der Waals surface area contributed by atoms with E-state index < -0.39 is 0 Å². The van der Waals surface area contributed by atoms with Gasteiger partial charge in [-0.2, -0.15) is 4.98 Å². The van der Waals surface area contributed by atoms with E-state index in [-0.39, 0.29) is 0 Å². The van der Waals surface area contributed by atoms with Gasteiger partial charge in [0.05, 0.1) is 38.6 Å². The molecule has 15 aromatic rings. The summed E-state index contributed by atoms with van der Waals surface area (Å²) in [6, 6.07) is 63.2. The monoisotopic (exact) mass is 763 g/mol. The average molecular weight is 764 g/mol. The van der Waals surface area contributed by atoms with Gasteiger partial charge in [-0.15, -0.1) is 0 Å². The number of furan rings is 1. The zero-order chi connectivity index (χ0) is 38.8. The molecule has 6 nitrogen and oxygen atoms in total. The Morgan fingerprint density at radius 2 is 0.967 bits per heavy atom. The molecule has 0 unspecified atom stereocenters. The first-order valence-electron chi connectivity index (χ1n) is 20.4. The number of nitrogens with zero attached hydrogens (tertiary/aromatic N) is 5. The van der Waals surface area contributed by atoms with Gasteiger partial charge in [-0.3, -0.25) is 9.13 Å². The molecule has 0 aliphatic rings. The lowest BCUT2D eigenvalue weighted by Crippen LogP contribution is -2.07. The van der Waals surface area contributed by atoms with Crippen molar-refractivity contribution in [2.45, 2.75) is 0 Å². The normalized spacial score (nSPS) is 12.7. The van der Waals surface area contributed by atoms with Crippen LogP contribution in [-0.4, -0.2) is 23.5 Å². The lowest BCUT2D eigenvalue weighted by atomic mass is 10.0. The van der Waals surface area contributed by atoms with Crippen molar-refractivity contribution in [3.63, 3.8) is 0 Å². The van der Waals surface area contributed by atoms with Gasteiger partial charge in [0.2, 0.25) is 5.95 Å². The van der Waals surface area contributed by atoms with Crippen LogP contribution in [0.4, 0.5) is 0 Å². The highest BCUT2D eigenvalue weighted by atomic mass is 16.3. The molecule has 6 heterocycles. The summed E-state index contributed by atoms with van der Waals surface area (Å²) in [4.78, 5) is 11.4. The molecule has 0 radical (unpaired) electrons. The van der Waals surface area contributed by atoms with Crippen molar-refractivity contribution in [2.75, 3.05) is 0 Å². The van der Waals surface area contributed by atoms with Gasteiger partial charge in [0.1, 0.15) is 11.1 Å². The fourth-order valence-electron chi connectivity index (χ4n) is 10.7. The summed E-state index contributed by atoms with van der Waals surface area (Å²) in [5, 5.41) is 15.2. The molecule has 6 heteroatoms. The van der Waals surface area contributed by atoms with E-state index >= 15 is 0 Å². The molecule has 0 aliphatic heterocycles. The number of aromatic nitrogens is 5. The van der Waals surface area contributed by atoms with E-state index in [1.54, 1.807) is 0 Å². The minimum Gasteiger partial charge on any atom is -0.450 e. The quantitative estimate of drug-likeness (QED) is 0.176. The summed E-state index contributed by atoms with van der Waals surface area (Å²) < 4.78 is 14.0. The predicted molar refractivity (Wildman–Crippen MR) is 248 cm³/mol. The largest absolute Gasteiger partial charge is 0.450 e. The van der Waals surface area contributed by atoms with E-state index in [1.165, 1.54) is 59.6 Å². The number of rotatable bonds is 2. The smallest absolute Gasteiger partial charge is 0.237 e. The molecule has 276 valence electrons. The SMILES string of the molecule is c1ccc2c(c1)ccc1c2c2ccccc2n1-c1nc(-n2c3c4ccccc4ccc3c3cc4c5ccccc5n5c6ccccc6c(c32)c45)nc2c1oc1ccccc12. The molecule has 15 rings (SSSR count). The van der Waals surface area contributed by atoms with Crippen LogP contribution in [0.3, 0.4) is 0 Å². The number of fused-ring (bicyclic) bond motifs is 20. The molecule has 60 heavy (non-hydrogen) atoms. The van der Waals surface area contributed by atoms with Crippen molar-refractivity contribution in [1.29, 1.82) is 0 Å². The van der Waals surface area contributed by atoms with Gasteiger partial charge >= 0.3 is 0 Å². The number of hydrogen-bond acceptors (Lipinski definition) is 3. The van der Waals surface area contributed by atoms with E-state index in [0.717, 1.165) is 60.1 Å². The Labute approximate surface area is 339 Å². The van der Waals surface area contributed by atoms with Gasteiger partial charge in [0, 0.05) is 53.9 Å². The summed E-state index contributed by atoms with van der Waals surface area (Å²) in [7, 11) is 0. The van der Waals surface area contributed by atoms with Gasteiger partial charge in [-0.25, -0.2) is 4.98 Å². The predicted octanol–water partition coefficient (Wildman–Crippen LogP) is 14.0. The molecular weight excluding hydrogens is 735 g/mol. The summed E-state index contributed by atoms with van der Waals surface area (Å²) in [5.41, 5.74) is 10.1. The fourth-order valence-corrected chi connectivity index (χ4v) is 10.7. The second-order valence-electron chi connectivity index (χ2n) is 16.1. The zero-order valence-corrected chi connectivity index (χ0v) is 31.9. The van der Waals surface area contributed by atoms with Crippen LogP contribution >= 0.6 is 0 Å². The van der Waals surface area contributed by atoms with Crippen molar-refractivity contribution < 1.29 is 4.42 Å². The maximum Gasteiger partial charge on any atom is 0.237 e. The minimum absolute atomic E-state index is 0.592. The van der Waals surface area contributed by atoms with Crippen LogP contribution in [-0.2, 0) is 0 Å². The molecule has 0 fully saturated rings. The zero-order valence-electron chi connectivity index (χ0n) is 31.9. The van der Waals surface area contributed by atoms with Crippen LogP contribution in [0.1, 0.15) is 0 Å². The van der Waals surface area contributed by atoms with Gasteiger partial charge < -0.3 is 8.82 Å². The number of benzene rings is 9. The first-order chi connectivity index (χ1) is 29.8. The molecular formula is C54H29N5O. The molecule has 6 aromatic heterocycles. The molecule has 0 atom stereocenters. The molecule has 9 aromatic carbocycles. The standard InChI is InChI=1S/C54H29N5O/c1-3-15-32-30(13-1)26-28-44-46(32)36-18-6-11-23-43(36)58(44)53-52-48(38-20-8-12-24-45(38)60-52)55-54(56-53)59-49-33-16-4-2-14-31(33)25-27-35(49)40-29-39-34-17-5-9-21-41(34)57-42-22-10-7-19-37(42)47(50(39)57)51(40)59/h1-29H. The molecule has 0 saturated carbocycles. The van der Waals surface area contributed by atoms with Crippen molar-refractivity contribution in [3.8, 4) is 11.8 Å². The van der Waals surface area contributed by atoms with Crippen molar-refractivity contribution in [1.82, 2.24) is 23.5 Å². The lowest BCUT2D eigenvalue weighted by molar-refractivity contribution is 0.661. The third-order valence-corrected chi connectivity index (χ3v) is 13.1.